The maximum atomic E-state index is 11.9. The van der Waals surface area contributed by atoms with Gasteiger partial charge < -0.3 is 27.9 Å². The SMILES string of the molecule is CCCCCCCCCCCCCCCCC[C@H]1CO[C@@H](COP(=O)([O-])OCC[N+](C)(C)C)CO1. The van der Waals surface area contributed by atoms with Crippen molar-refractivity contribution in [3.8, 4) is 0 Å². The smallest absolute Gasteiger partial charge is 0.268 e. The summed E-state index contributed by atoms with van der Waals surface area (Å²) in [7, 11) is 1.62. The lowest BCUT2D eigenvalue weighted by Crippen LogP contribution is -2.39. The van der Waals surface area contributed by atoms with E-state index < -0.39 is 7.82 Å². The van der Waals surface area contributed by atoms with Crippen molar-refractivity contribution in [1.82, 2.24) is 0 Å². The van der Waals surface area contributed by atoms with E-state index in [9.17, 15) is 9.46 Å². The molecule has 0 bridgehead atoms. The van der Waals surface area contributed by atoms with E-state index in [1.165, 1.54) is 89.9 Å². The van der Waals surface area contributed by atoms with E-state index in [0.29, 0.717) is 24.2 Å². The summed E-state index contributed by atoms with van der Waals surface area (Å²) in [6.45, 7) is 3.77. The van der Waals surface area contributed by atoms with Crippen LogP contribution in [0.4, 0.5) is 0 Å². The van der Waals surface area contributed by atoms with Crippen LogP contribution in [-0.4, -0.2) is 70.8 Å². The quantitative estimate of drug-likeness (QED) is 0.0900. The lowest BCUT2D eigenvalue weighted by atomic mass is 10.0. The molecule has 1 rings (SSSR count). The monoisotopic (exact) mass is 521 g/mol. The predicted octanol–water partition coefficient (Wildman–Crippen LogP) is 6.24. The summed E-state index contributed by atoms with van der Waals surface area (Å²) in [5.74, 6) is 0. The summed E-state index contributed by atoms with van der Waals surface area (Å²) < 4.78 is 34.0. The first kappa shape index (κ1) is 33.0. The number of unbranched alkanes of at least 4 members (excludes halogenated alkanes) is 14. The van der Waals surface area contributed by atoms with E-state index in [2.05, 4.69) is 6.92 Å². The average molecular weight is 522 g/mol. The van der Waals surface area contributed by atoms with E-state index in [1.54, 1.807) is 0 Å². The van der Waals surface area contributed by atoms with E-state index >= 15 is 0 Å². The topological polar surface area (TPSA) is 77.1 Å². The molecule has 0 radical (unpaired) electrons. The molecule has 1 aliphatic heterocycles. The molecule has 1 saturated heterocycles. The minimum atomic E-state index is -4.30. The van der Waals surface area contributed by atoms with Gasteiger partial charge in [0.2, 0.25) is 0 Å². The van der Waals surface area contributed by atoms with Crippen molar-refractivity contribution in [2.24, 2.45) is 0 Å². The van der Waals surface area contributed by atoms with Crippen molar-refractivity contribution < 1.29 is 32.5 Å². The van der Waals surface area contributed by atoms with E-state index in [-0.39, 0.29) is 25.4 Å². The van der Waals surface area contributed by atoms with Gasteiger partial charge in [0.15, 0.2) is 0 Å². The third kappa shape index (κ3) is 20.7. The maximum Gasteiger partial charge on any atom is 0.268 e. The third-order valence-corrected chi connectivity index (χ3v) is 7.56. The predicted molar refractivity (Wildman–Crippen MR) is 141 cm³/mol. The number of nitrogens with zero attached hydrogens (tertiary/aromatic N) is 1. The number of phosphoric ester groups is 1. The highest BCUT2D eigenvalue weighted by Gasteiger charge is 2.24. The molecule has 7 nitrogen and oxygen atoms in total. The van der Waals surface area contributed by atoms with Gasteiger partial charge in [0, 0.05) is 0 Å². The molecule has 0 saturated carbocycles. The minimum absolute atomic E-state index is 0.0587. The highest BCUT2D eigenvalue weighted by molar-refractivity contribution is 7.45. The second kappa shape index (κ2) is 20.0. The summed E-state index contributed by atoms with van der Waals surface area (Å²) in [6, 6.07) is 0. The molecule has 8 heteroatoms. The van der Waals surface area contributed by atoms with Gasteiger partial charge in [-0.2, -0.15) is 0 Å². The van der Waals surface area contributed by atoms with Gasteiger partial charge in [0.25, 0.3) is 7.82 Å². The van der Waals surface area contributed by atoms with Gasteiger partial charge in [0.1, 0.15) is 19.3 Å². The fraction of sp³-hybridized carbons (Fsp3) is 1.00. The molecule has 0 aliphatic carbocycles. The van der Waals surface area contributed by atoms with Crippen molar-refractivity contribution in [2.75, 3.05) is 54.1 Å². The van der Waals surface area contributed by atoms with Crippen LogP contribution in [-0.2, 0) is 23.1 Å². The van der Waals surface area contributed by atoms with Gasteiger partial charge >= 0.3 is 0 Å². The van der Waals surface area contributed by atoms with Crippen molar-refractivity contribution in [3.05, 3.63) is 0 Å². The van der Waals surface area contributed by atoms with Gasteiger partial charge in [-0.25, -0.2) is 0 Å². The number of hydrogen-bond donors (Lipinski definition) is 0. The van der Waals surface area contributed by atoms with Gasteiger partial charge in [0.05, 0.1) is 47.1 Å². The molecular weight excluding hydrogens is 465 g/mol. The second-order valence-corrected chi connectivity index (χ2v) is 12.7. The van der Waals surface area contributed by atoms with Crippen LogP contribution in [0.2, 0.25) is 0 Å². The lowest BCUT2D eigenvalue weighted by Gasteiger charge is -2.32. The summed E-state index contributed by atoms with van der Waals surface area (Å²) >= 11 is 0. The van der Waals surface area contributed by atoms with Gasteiger partial charge in [-0.05, 0) is 6.42 Å². The molecule has 3 atom stereocenters. The van der Waals surface area contributed by atoms with Crippen LogP contribution < -0.4 is 4.89 Å². The molecule has 0 aromatic carbocycles. The third-order valence-electron chi connectivity index (χ3n) is 6.60. The summed E-state index contributed by atoms with van der Waals surface area (Å²) in [5, 5.41) is 0. The number of phosphoric acid groups is 1. The fourth-order valence-corrected chi connectivity index (χ4v) is 4.96. The maximum absolute atomic E-state index is 11.9. The van der Waals surface area contributed by atoms with Crippen LogP contribution >= 0.6 is 7.82 Å². The first-order chi connectivity index (χ1) is 16.7. The zero-order valence-corrected chi connectivity index (χ0v) is 24.2. The first-order valence-electron chi connectivity index (χ1n) is 14.4. The zero-order chi connectivity index (χ0) is 25.8. The van der Waals surface area contributed by atoms with Crippen molar-refractivity contribution in [2.45, 2.75) is 122 Å². The molecule has 0 aromatic rings. The highest BCUT2D eigenvalue weighted by Crippen LogP contribution is 2.38. The Morgan fingerprint density at radius 1 is 0.743 bits per heavy atom. The van der Waals surface area contributed by atoms with E-state index in [1.807, 2.05) is 21.1 Å². The molecule has 1 heterocycles. The Labute approximate surface area is 216 Å². The van der Waals surface area contributed by atoms with Crippen molar-refractivity contribution in [1.29, 1.82) is 0 Å². The molecule has 1 aliphatic rings. The molecule has 1 fully saturated rings. The largest absolute Gasteiger partial charge is 0.756 e. The standard InChI is InChI=1S/C27H56NO6P/c1-5-6-7-8-9-10-11-12-13-14-15-16-17-18-19-20-26-23-32-27(24-31-26)25-34-35(29,30)33-22-21-28(2,3)4/h26-27H,5-25H2,1-4H3/t26-,27+/m0/s1. The number of ether oxygens (including phenoxy) is 2. The Bertz CT molecular complexity index is 534. The highest BCUT2D eigenvalue weighted by atomic mass is 31.2. The van der Waals surface area contributed by atoms with Gasteiger partial charge in [-0.1, -0.05) is 103 Å². The number of quaternary nitrogens is 1. The normalized spacial score (nSPS) is 20.7. The summed E-state index contributed by atoms with van der Waals surface area (Å²) in [6.07, 6.45) is 21.2. The average Bonchev–Trinajstić information content (AvgIpc) is 2.80. The van der Waals surface area contributed by atoms with Crippen LogP contribution in [0, 0.1) is 0 Å². The second-order valence-electron chi connectivity index (χ2n) is 11.2. The van der Waals surface area contributed by atoms with Gasteiger partial charge in [-0.3, -0.25) is 4.57 Å². The van der Waals surface area contributed by atoms with E-state index in [4.69, 9.17) is 18.5 Å². The Balaban J connectivity index is 1.89. The number of likely N-dealkylation sites (N-methyl/N-ethyl adjacent to an activating group) is 1. The lowest BCUT2D eigenvalue weighted by molar-refractivity contribution is -0.870. The molecule has 35 heavy (non-hydrogen) atoms. The van der Waals surface area contributed by atoms with Crippen LogP contribution in [0.25, 0.3) is 0 Å². The Hall–Kier alpha value is -0.0100. The van der Waals surface area contributed by atoms with Crippen LogP contribution in [0.15, 0.2) is 0 Å². The molecular formula is C27H56NO6P. The Kier molecular flexibility index (Phi) is 18.9. The van der Waals surface area contributed by atoms with Crippen molar-refractivity contribution >= 4 is 7.82 Å². The fourth-order valence-electron chi connectivity index (χ4n) is 4.23. The minimum Gasteiger partial charge on any atom is -0.756 e. The molecule has 0 spiro atoms. The number of hydrogen-bond acceptors (Lipinski definition) is 6. The van der Waals surface area contributed by atoms with Crippen LogP contribution in [0.1, 0.15) is 110 Å². The zero-order valence-electron chi connectivity index (χ0n) is 23.3. The Morgan fingerprint density at radius 3 is 1.66 bits per heavy atom. The molecule has 0 amide bonds. The Morgan fingerprint density at radius 2 is 1.20 bits per heavy atom. The summed E-state index contributed by atoms with van der Waals surface area (Å²) in [4.78, 5) is 11.9. The molecule has 0 aromatic heterocycles. The molecule has 210 valence electrons. The van der Waals surface area contributed by atoms with E-state index in [0.717, 1.165) is 12.8 Å². The van der Waals surface area contributed by atoms with Crippen LogP contribution in [0.5, 0.6) is 0 Å². The molecule has 1 unspecified atom stereocenters. The summed E-state index contributed by atoms with van der Waals surface area (Å²) in [5.41, 5.74) is 0. The molecule has 0 N–H and O–H groups in total. The van der Waals surface area contributed by atoms with Gasteiger partial charge in [-0.15, -0.1) is 0 Å². The van der Waals surface area contributed by atoms with Crippen LogP contribution in [0.3, 0.4) is 0 Å². The number of rotatable bonds is 23. The van der Waals surface area contributed by atoms with Crippen molar-refractivity contribution in [3.63, 3.8) is 0 Å². The first-order valence-corrected chi connectivity index (χ1v) is 15.8.